The van der Waals surface area contributed by atoms with Gasteiger partial charge in [0, 0.05) is 50.2 Å². The van der Waals surface area contributed by atoms with Gasteiger partial charge in [-0.1, -0.05) is 18.2 Å². The van der Waals surface area contributed by atoms with Gasteiger partial charge in [0.1, 0.15) is 24.3 Å². The predicted octanol–water partition coefficient (Wildman–Crippen LogP) is 1.93. The number of anilines is 1. The highest BCUT2D eigenvalue weighted by Crippen LogP contribution is 2.18. The summed E-state index contributed by atoms with van der Waals surface area (Å²) in [6, 6.07) is 9.68. The molecule has 0 bridgehead atoms. The molecule has 0 spiro atoms. The molecule has 1 aliphatic heterocycles. The van der Waals surface area contributed by atoms with Crippen molar-refractivity contribution in [1.82, 2.24) is 24.4 Å². The number of aromatic nitrogens is 4. The largest absolute Gasteiger partial charge is 0.353 e. The molecule has 1 saturated heterocycles. The van der Waals surface area contributed by atoms with Crippen LogP contribution in [-0.4, -0.2) is 56.5 Å². The molecule has 4 rings (SSSR count). The maximum absolute atomic E-state index is 12.7. The monoisotopic (exact) mass is 348 g/mol. The number of nitrogens with zero attached hydrogens (tertiary/aromatic N) is 6. The average Bonchev–Trinajstić information content (AvgIpc) is 3.23. The lowest BCUT2D eigenvalue weighted by Gasteiger charge is -2.35. The molecule has 0 atom stereocenters. The van der Waals surface area contributed by atoms with Crippen LogP contribution in [0, 0.1) is 6.92 Å². The number of benzene rings is 1. The Morgan fingerprint density at radius 2 is 1.81 bits per heavy atom. The first kappa shape index (κ1) is 16.3. The summed E-state index contributed by atoms with van der Waals surface area (Å²) in [7, 11) is 0. The Labute approximate surface area is 151 Å². The minimum Gasteiger partial charge on any atom is -0.353 e. The van der Waals surface area contributed by atoms with E-state index in [1.807, 2.05) is 52.9 Å². The van der Waals surface area contributed by atoms with E-state index in [0.29, 0.717) is 13.1 Å². The van der Waals surface area contributed by atoms with E-state index < -0.39 is 0 Å². The molecule has 7 nitrogen and oxygen atoms in total. The molecule has 0 unspecified atom stereocenters. The topological polar surface area (TPSA) is 67.2 Å². The molecule has 26 heavy (non-hydrogen) atoms. The molecule has 1 aliphatic rings. The Kier molecular flexibility index (Phi) is 4.35. The highest BCUT2D eigenvalue weighted by molar-refractivity contribution is 5.95. The van der Waals surface area contributed by atoms with Gasteiger partial charge in [-0.25, -0.2) is 15.0 Å². The van der Waals surface area contributed by atoms with Gasteiger partial charge >= 0.3 is 0 Å². The van der Waals surface area contributed by atoms with Crippen LogP contribution in [0.2, 0.25) is 0 Å². The molecule has 1 fully saturated rings. The van der Waals surface area contributed by atoms with Crippen molar-refractivity contribution >= 4 is 11.7 Å². The third-order valence-corrected chi connectivity index (χ3v) is 4.67. The van der Waals surface area contributed by atoms with Gasteiger partial charge < -0.3 is 9.80 Å². The Hall–Kier alpha value is -3.22. The van der Waals surface area contributed by atoms with Gasteiger partial charge in [-0.15, -0.1) is 0 Å². The van der Waals surface area contributed by atoms with Crippen molar-refractivity contribution in [2.75, 3.05) is 31.1 Å². The second-order valence-corrected chi connectivity index (χ2v) is 6.30. The van der Waals surface area contributed by atoms with Crippen molar-refractivity contribution in [3.05, 3.63) is 66.5 Å². The van der Waals surface area contributed by atoms with E-state index in [-0.39, 0.29) is 5.91 Å². The second kappa shape index (κ2) is 6.95. The van der Waals surface area contributed by atoms with E-state index in [4.69, 9.17) is 0 Å². The van der Waals surface area contributed by atoms with E-state index in [0.717, 1.165) is 35.9 Å². The van der Waals surface area contributed by atoms with E-state index in [9.17, 15) is 4.79 Å². The Morgan fingerprint density at radius 1 is 1.04 bits per heavy atom. The first-order chi connectivity index (χ1) is 12.7. The lowest BCUT2D eigenvalue weighted by atomic mass is 10.1. The van der Waals surface area contributed by atoms with Crippen molar-refractivity contribution in [2.24, 2.45) is 0 Å². The molecule has 7 heteroatoms. The minimum absolute atomic E-state index is 0.101. The van der Waals surface area contributed by atoms with Crippen LogP contribution < -0.4 is 4.90 Å². The van der Waals surface area contributed by atoms with E-state index in [1.165, 1.54) is 0 Å². The molecule has 1 amide bonds. The number of hydrogen-bond acceptors (Lipinski definition) is 5. The first-order valence-corrected chi connectivity index (χ1v) is 8.62. The zero-order chi connectivity index (χ0) is 17.9. The number of rotatable bonds is 3. The number of aryl methyl sites for hydroxylation is 1. The lowest BCUT2D eigenvalue weighted by Crippen LogP contribution is -2.49. The normalized spacial score (nSPS) is 14.5. The number of imidazole rings is 1. The van der Waals surface area contributed by atoms with E-state index >= 15 is 0 Å². The summed E-state index contributed by atoms with van der Waals surface area (Å²) in [5.74, 6) is 1.75. The van der Waals surface area contributed by atoms with Crippen LogP contribution in [0.1, 0.15) is 15.9 Å². The van der Waals surface area contributed by atoms with Crippen LogP contribution in [0.3, 0.4) is 0 Å². The maximum Gasteiger partial charge on any atom is 0.254 e. The van der Waals surface area contributed by atoms with Gasteiger partial charge in [0.2, 0.25) is 0 Å². The highest BCUT2D eigenvalue weighted by Gasteiger charge is 2.23. The lowest BCUT2D eigenvalue weighted by molar-refractivity contribution is 0.0746. The van der Waals surface area contributed by atoms with Gasteiger partial charge in [0.25, 0.3) is 5.91 Å². The SMILES string of the molecule is Cc1ccccc1C(=O)N1CCN(c2cc(-n3ccnc3)ncn2)CC1. The fourth-order valence-corrected chi connectivity index (χ4v) is 3.17. The van der Waals surface area contributed by atoms with E-state index in [2.05, 4.69) is 19.9 Å². The number of carbonyl (C=O) groups is 1. The molecular weight excluding hydrogens is 328 g/mol. The number of carbonyl (C=O) groups excluding carboxylic acids is 1. The van der Waals surface area contributed by atoms with Crippen LogP contribution in [0.15, 0.2) is 55.4 Å². The molecule has 3 aromatic rings. The molecule has 3 heterocycles. The molecular formula is C19H20N6O. The summed E-state index contributed by atoms with van der Waals surface area (Å²) in [6.45, 7) is 4.83. The zero-order valence-electron chi connectivity index (χ0n) is 14.6. The Morgan fingerprint density at radius 3 is 2.54 bits per heavy atom. The fourth-order valence-electron chi connectivity index (χ4n) is 3.17. The minimum atomic E-state index is 0.101. The predicted molar refractivity (Wildman–Crippen MR) is 98.4 cm³/mol. The summed E-state index contributed by atoms with van der Waals surface area (Å²) in [5, 5.41) is 0. The summed E-state index contributed by atoms with van der Waals surface area (Å²) in [4.78, 5) is 29.6. The van der Waals surface area contributed by atoms with E-state index in [1.54, 1.807) is 18.9 Å². The molecule has 0 radical (unpaired) electrons. The van der Waals surface area contributed by atoms with Crippen molar-refractivity contribution in [1.29, 1.82) is 0 Å². The standard InChI is InChI=1S/C19H20N6O/c1-15-4-2-3-5-16(15)19(26)24-10-8-23(9-11-24)17-12-18(22-13-21-17)25-7-6-20-14-25/h2-7,12-14H,8-11H2,1H3. The first-order valence-electron chi connectivity index (χ1n) is 8.62. The van der Waals surface area contributed by atoms with Crippen LogP contribution in [0.5, 0.6) is 0 Å². The smallest absolute Gasteiger partial charge is 0.254 e. The average molecular weight is 348 g/mol. The number of piperazine rings is 1. The maximum atomic E-state index is 12.7. The summed E-state index contributed by atoms with van der Waals surface area (Å²) < 4.78 is 1.85. The summed E-state index contributed by atoms with van der Waals surface area (Å²) in [5.41, 5.74) is 1.80. The highest BCUT2D eigenvalue weighted by atomic mass is 16.2. The molecule has 132 valence electrons. The van der Waals surface area contributed by atoms with Gasteiger partial charge in [0.05, 0.1) is 0 Å². The summed E-state index contributed by atoms with van der Waals surface area (Å²) >= 11 is 0. The zero-order valence-corrected chi connectivity index (χ0v) is 14.6. The second-order valence-electron chi connectivity index (χ2n) is 6.30. The van der Waals surface area contributed by atoms with Crippen LogP contribution in [0.4, 0.5) is 5.82 Å². The molecule has 0 aliphatic carbocycles. The quantitative estimate of drug-likeness (QED) is 0.724. The Bertz CT molecular complexity index is 900. The molecule has 2 aromatic heterocycles. The van der Waals surface area contributed by atoms with Crippen LogP contribution in [0.25, 0.3) is 5.82 Å². The molecule has 0 N–H and O–H groups in total. The van der Waals surface area contributed by atoms with Crippen molar-refractivity contribution in [2.45, 2.75) is 6.92 Å². The van der Waals surface area contributed by atoms with Crippen LogP contribution in [-0.2, 0) is 0 Å². The van der Waals surface area contributed by atoms with Crippen LogP contribution >= 0.6 is 0 Å². The van der Waals surface area contributed by atoms with Crippen molar-refractivity contribution in [3.8, 4) is 5.82 Å². The van der Waals surface area contributed by atoms with Crippen molar-refractivity contribution in [3.63, 3.8) is 0 Å². The number of hydrogen-bond donors (Lipinski definition) is 0. The molecule has 0 saturated carbocycles. The third kappa shape index (κ3) is 3.15. The number of amides is 1. The third-order valence-electron chi connectivity index (χ3n) is 4.67. The fraction of sp³-hybridized carbons (Fsp3) is 0.263. The summed E-state index contributed by atoms with van der Waals surface area (Å²) in [6.07, 6.45) is 6.85. The van der Waals surface area contributed by atoms with Crippen molar-refractivity contribution < 1.29 is 4.79 Å². The Balaban J connectivity index is 1.45. The van der Waals surface area contributed by atoms with Gasteiger partial charge in [0.15, 0.2) is 0 Å². The molecule has 1 aromatic carbocycles. The van der Waals surface area contributed by atoms with Gasteiger partial charge in [-0.3, -0.25) is 9.36 Å². The van der Waals surface area contributed by atoms with Gasteiger partial charge in [-0.2, -0.15) is 0 Å². The van der Waals surface area contributed by atoms with Gasteiger partial charge in [-0.05, 0) is 18.6 Å².